The average Bonchev–Trinajstić information content (AvgIpc) is 2.44. The Hall–Kier alpha value is -1.60. The number of piperazine rings is 1. The maximum atomic E-state index is 6.93. The van der Waals surface area contributed by atoms with Crippen LogP contribution in [0.15, 0.2) is 12.3 Å². The first-order valence-corrected chi connectivity index (χ1v) is 6.67. The van der Waals surface area contributed by atoms with Gasteiger partial charge >= 0.3 is 0 Å². The standard InChI is InChI=1S/C14H18N4/c1-15-6-4-11-5-7-17-14-13(11)3-2-12-10-16-8-9-18(12)14/h5,7,12,16H,2-4,6,8-10H2/t12-/m1/s1. The van der Waals surface area contributed by atoms with Gasteiger partial charge in [-0.05, 0) is 30.0 Å². The Morgan fingerprint density at radius 1 is 1.56 bits per heavy atom. The molecule has 1 aromatic rings. The van der Waals surface area contributed by atoms with Gasteiger partial charge < -0.3 is 15.1 Å². The van der Waals surface area contributed by atoms with Crippen molar-refractivity contribution in [1.29, 1.82) is 0 Å². The van der Waals surface area contributed by atoms with Gasteiger partial charge in [-0.3, -0.25) is 0 Å². The predicted octanol–water partition coefficient (Wildman–Crippen LogP) is 1.27. The van der Waals surface area contributed by atoms with Crippen LogP contribution in [-0.4, -0.2) is 37.2 Å². The van der Waals surface area contributed by atoms with E-state index in [4.69, 9.17) is 6.57 Å². The van der Waals surface area contributed by atoms with Gasteiger partial charge in [-0.2, -0.15) is 0 Å². The lowest BCUT2D eigenvalue weighted by molar-refractivity contribution is 0.435. The third-order valence-corrected chi connectivity index (χ3v) is 3.97. The molecule has 1 aromatic heterocycles. The maximum absolute atomic E-state index is 6.93. The highest BCUT2D eigenvalue weighted by atomic mass is 15.3. The number of aromatic nitrogens is 1. The van der Waals surface area contributed by atoms with E-state index in [0.29, 0.717) is 12.6 Å². The molecule has 0 bridgehead atoms. The second-order valence-electron chi connectivity index (χ2n) is 4.99. The van der Waals surface area contributed by atoms with E-state index in [2.05, 4.69) is 26.1 Å². The van der Waals surface area contributed by atoms with Crippen LogP contribution in [0.2, 0.25) is 0 Å². The third-order valence-electron chi connectivity index (χ3n) is 3.97. The van der Waals surface area contributed by atoms with Crippen molar-refractivity contribution >= 4 is 5.82 Å². The Morgan fingerprint density at radius 2 is 2.50 bits per heavy atom. The van der Waals surface area contributed by atoms with Crippen LogP contribution in [0.1, 0.15) is 17.5 Å². The first kappa shape index (κ1) is 11.5. The molecule has 3 heterocycles. The molecule has 1 saturated heterocycles. The Morgan fingerprint density at radius 3 is 3.39 bits per heavy atom. The number of hydrogen-bond acceptors (Lipinski definition) is 3. The molecule has 4 nitrogen and oxygen atoms in total. The molecule has 3 rings (SSSR count). The second-order valence-corrected chi connectivity index (χ2v) is 4.99. The SMILES string of the molecule is [C-]#[N+]CCc1ccnc2c1CC[C@@H]1CNCCN21. The van der Waals surface area contributed by atoms with Gasteiger partial charge in [0.1, 0.15) is 5.82 Å². The summed E-state index contributed by atoms with van der Waals surface area (Å²) in [5.74, 6) is 1.18. The summed E-state index contributed by atoms with van der Waals surface area (Å²) in [6.45, 7) is 10.7. The van der Waals surface area contributed by atoms with Gasteiger partial charge in [0.25, 0.3) is 0 Å². The summed E-state index contributed by atoms with van der Waals surface area (Å²) in [5, 5.41) is 3.45. The molecule has 0 unspecified atom stereocenters. The molecule has 1 fully saturated rings. The van der Waals surface area contributed by atoms with Crippen molar-refractivity contribution in [3.8, 4) is 0 Å². The van der Waals surface area contributed by atoms with Gasteiger partial charge in [0.15, 0.2) is 0 Å². The van der Waals surface area contributed by atoms with Crippen molar-refractivity contribution in [2.45, 2.75) is 25.3 Å². The van der Waals surface area contributed by atoms with Gasteiger partial charge in [0, 0.05) is 38.3 Å². The topological polar surface area (TPSA) is 32.5 Å². The first-order chi connectivity index (χ1) is 8.90. The normalized spacial score (nSPS) is 21.9. The fourth-order valence-electron chi connectivity index (χ4n) is 3.06. The van der Waals surface area contributed by atoms with E-state index in [1.165, 1.54) is 23.4 Å². The fraction of sp³-hybridized carbons (Fsp3) is 0.571. The van der Waals surface area contributed by atoms with Crippen molar-refractivity contribution < 1.29 is 0 Å². The van der Waals surface area contributed by atoms with Crippen molar-refractivity contribution in [2.24, 2.45) is 0 Å². The van der Waals surface area contributed by atoms with E-state index in [1.807, 2.05) is 6.20 Å². The third kappa shape index (κ3) is 1.95. The van der Waals surface area contributed by atoms with Crippen LogP contribution in [-0.2, 0) is 12.8 Å². The van der Waals surface area contributed by atoms with Gasteiger partial charge in [0.05, 0.1) is 0 Å². The quantitative estimate of drug-likeness (QED) is 0.793. The molecular formula is C14H18N4. The van der Waals surface area contributed by atoms with Crippen molar-refractivity contribution in [2.75, 3.05) is 31.1 Å². The highest BCUT2D eigenvalue weighted by Crippen LogP contribution is 2.31. The van der Waals surface area contributed by atoms with E-state index >= 15 is 0 Å². The Kier molecular flexibility index (Phi) is 3.16. The number of hydrogen-bond donors (Lipinski definition) is 1. The van der Waals surface area contributed by atoms with E-state index in [1.54, 1.807) is 0 Å². The van der Waals surface area contributed by atoms with Crippen LogP contribution >= 0.6 is 0 Å². The minimum atomic E-state index is 0.585. The molecule has 0 aromatic carbocycles. The van der Waals surface area contributed by atoms with Crippen LogP contribution < -0.4 is 10.2 Å². The molecule has 0 saturated carbocycles. The first-order valence-electron chi connectivity index (χ1n) is 6.67. The van der Waals surface area contributed by atoms with E-state index in [-0.39, 0.29) is 0 Å². The summed E-state index contributed by atoms with van der Waals surface area (Å²) in [6, 6.07) is 2.70. The number of nitrogens with one attached hydrogen (secondary N) is 1. The van der Waals surface area contributed by atoms with Crippen LogP contribution in [0.5, 0.6) is 0 Å². The Bertz CT molecular complexity index is 477. The minimum Gasteiger partial charge on any atom is -0.351 e. The molecular weight excluding hydrogens is 224 g/mol. The predicted molar refractivity (Wildman–Crippen MR) is 71.7 cm³/mol. The maximum Gasteiger partial charge on any atom is 0.218 e. The number of rotatable bonds is 2. The molecule has 2 aliphatic rings. The van der Waals surface area contributed by atoms with Gasteiger partial charge in [0.2, 0.25) is 6.54 Å². The molecule has 0 amide bonds. The molecule has 0 radical (unpaired) electrons. The van der Waals surface area contributed by atoms with Crippen LogP contribution in [0.4, 0.5) is 5.82 Å². The summed E-state index contributed by atoms with van der Waals surface area (Å²) < 4.78 is 0. The zero-order valence-corrected chi connectivity index (χ0v) is 10.5. The summed E-state index contributed by atoms with van der Waals surface area (Å²) in [4.78, 5) is 10.5. The van der Waals surface area contributed by atoms with Crippen molar-refractivity contribution in [3.63, 3.8) is 0 Å². The van der Waals surface area contributed by atoms with Crippen LogP contribution in [0.3, 0.4) is 0 Å². The van der Waals surface area contributed by atoms with Crippen molar-refractivity contribution in [3.05, 3.63) is 34.8 Å². The molecule has 18 heavy (non-hydrogen) atoms. The summed E-state index contributed by atoms with van der Waals surface area (Å²) in [6.07, 6.45) is 5.09. The van der Waals surface area contributed by atoms with Crippen molar-refractivity contribution in [1.82, 2.24) is 10.3 Å². The molecule has 2 aliphatic heterocycles. The number of nitrogens with zero attached hydrogens (tertiary/aromatic N) is 3. The number of anilines is 1. The zero-order valence-electron chi connectivity index (χ0n) is 10.5. The average molecular weight is 242 g/mol. The monoisotopic (exact) mass is 242 g/mol. The molecule has 4 heteroatoms. The Labute approximate surface area is 108 Å². The second kappa shape index (κ2) is 4.95. The molecule has 1 N–H and O–H groups in total. The lowest BCUT2D eigenvalue weighted by Crippen LogP contribution is -2.53. The lowest BCUT2D eigenvalue weighted by Gasteiger charge is -2.41. The van der Waals surface area contributed by atoms with Gasteiger partial charge in [-0.15, -0.1) is 0 Å². The largest absolute Gasteiger partial charge is 0.351 e. The number of fused-ring (bicyclic) bond motifs is 3. The zero-order chi connectivity index (χ0) is 12.4. The lowest BCUT2D eigenvalue weighted by atomic mass is 9.93. The number of pyridine rings is 1. The summed E-state index contributed by atoms with van der Waals surface area (Å²) in [5.41, 5.74) is 2.72. The highest BCUT2D eigenvalue weighted by molar-refractivity contribution is 5.54. The molecule has 94 valence electrons. The van der Waals surface area contributed by atoms with E-state index in [0.717, 1.165) is 32.5 Å². The van der Waals surface area contributed by atoms with Gasteiger partial charge in [-0.1, -0.05) is 0 Å². The highest BCUT2D eigenvalue weighted by Gasteiger charge is 2.30. The smallest absolute Gasteiger partial charge is 0.218 e. The van der Waals surface area contributed by atoms with E-state index in [9.17, 15) is 0 Å². The van der Waals surface area contributed by atoms with Crippen LogP contribution in [0.25, 0.3) is 4.85 Å². The van der Waals surface area contributed by atoms with Gasteiger partial charge in [-0.25, -0.2) is 11.6 Å². The molecule has 1 atom stereocenters. The fourth-order valence-corrected chi connectivity index (χ4v) is 3.06. The summed E-state index contributed by atoms with van der Waals surface area (Å²) in [7, 11) is 0. The molecule has 0 spiro atoms. The van der Waals surface area contributed by atoms with E-state index < -0.39 is 0 Å². The molecule has 0 aliphatic carbocycles. The summed E-state index contributed by atoms with van der Waals surface area (Å²) >= 11 is 0. The van der Waals surface area contributed by atoms with Crippen LogP contribution in [0, 0.1) is 6.57 Å². The Balaban J connectivity index is 1.92. The minimum absolute atomic E-state index is 0.585.